The first kappa shape index (κ1) is 12.3. The molecule has 6 nitrogen and oxygen atoms in total. The topological polar surface area (TPSA) is 88.6 Å². The lowest BCUT2D eigenvalue weighted by atomic mass is 10.0. The van der Waals surface area contributed by atoms with Crippen LogP contribution in [0.15, 0.2) is 35.3 Å². The zero-order valence-electron chi connectivity index (χ0n) is 10.4. The molecule has 1 aromatic heterocycles. The van der Waals surface area contributed by atoms with Crippen molar-refractivity contribution in [2.24, 2.45) is 0 Å². The number of carboxylic acids is 1. The van der Waals surface area contributed by atoms with Crippen LogP contribution in [0.25, 0.3) is 11.1 Å². The van der Waals surface area contributed by atoms with E-state index in [1.807, 2.05) is 0 Å². The third-order valence-corrected chi connectivity index (χ3v) is 3.03. The molecule has 0 atom stereocenters. The minimum absolute atomic E-state index is 0.288. The molecule has 1 aliphatic rings. The number of H-pyrrole nitrogens is 1. The molecule has 0 amide bonds. The Morgan fingerprint density at radius 2 is 1.90 bits per heavy atom. The maximum Gasteiger partial charge on any atom is 0.341 e. The lowest BCUT2D eigenvalue weighted by Crippen LogP contribution is -2.18. The molecule has 102 valence electrons. The third kappa shape index (κ3) is 2.01. The van der Waals surface area contributed by atoms with E-state index in [1.165, 1.54) is 6.20 Å². The van der Waals surface area contributed by atoms with Crippen molar-refractivity contribution in [2.45, 2.75) is 0 Å². The molecule has 6 heteroatoms. The molecule has 0 unspecified atom stereocenters. The Labute approximate surface area is 113 Å². The van der Waals surface area contributed by atoms with Gasteiger partial charge < -0.3 is 19.6 Å². The van der Waals surface area contributed by atoms with Crippen molar-refractivity contribution in [2.75, 3.05) is 13.2 Å². The van der Waals surface area contributed by atoms with Crippen LogP contribution in [-0.2, 0) is 0 Å². The number of nitrogens with one attached hydrogen (secondary N) is 1. The van der Waals surface area contributed by atoms with Crippen molar-refractivity contribution in [1.29, 1.82) is 0 Å². The molecule has 2 N–H and O–H groups in total. The first-order valence-corrected chi connectivity index (χ1v) is 6.02. The Bertz CT molecular complexity index is 735. The van der Waals surface area contributed by atoms with E-state index in [4.69, 9.17) is 9.47 Å². The predicted molar refractivity (Wildman–Crippen MR) is 70.4 cm³/mol. The number of rotatable bonds is 2. The zero-order chi connectivity index (χ0) is 14.1. The lowest BCUT2D eigenvalue weighted by Gasteiger charge is -2.19. The van der Waals surface area contributed by atoms with Gasteiger partial charge in [0.05, 0.1) is 0 Å². The second kappa shape index (κ2) is 4.73. The van der Waals surface area contributed by atoms with E-state index in [2.05, 4.69) is 4.98 Å². The summed E-state index contributed by atoms with van der Waals surface area (Å²) in [5.41, 5.74) is 0.0186. The predicted octanol–water partition coefficient (Wildman–Crippen LogP) is 1.51. The van der Waals surface area contributed by atoms with Gasteiger partial charge in [-0.25, -0.2) is 4.79 Å². The number of ether oxygens (including phenoxy) is 2. The summed E-state index contributed by atoms with van der Waals surface area (Å²) >= 11 is 0. The van der Waals surface area contributed by atoms with E-state index in [9.17, 15) is 14.7 Å². The SMILES string of the molecule is O=C(O)c1c(-c2ccc3c(c2)OCCO3)cc[nH]c1=O. The Morgan fingerprint density at radius 1 is 1.15 bits per heavy atom. The molecule has 0 aliphatic carbocycles. The molecule has 20 heavy (non-hydrogen) atoms. The number of aromatic amines is 1. The molecule has 0 fully saturated rings. The van der Waals surface area contributed by atoms with Crippen LogP contribution in [0.1, 0.15) is 10.4 Å². The number of hydrogen-bond acceptors (Lipinski definition) is 4. The molecule has 3 rings (SSSR count). The summed E-state index contributed by atoms with van der Waals surface area (Å²) in [7, 11) is 0. The summed E-state index contributed by atoms with van der Waals surface area (Å²) in [4.78, 5) is 25.2. The summed E-state index contributed by atoms with van der Waals surface area (Å²) in [6.45, 7) is 0.926. The highest BCUT2D eigenvalue weighted by Crippen LogP contribution is 2.34. The number of pyridine rings is 1. The fraction of sp³-hybridized carbons (Fsp3) is 0.143. The van der Waals surface area contributed by atoms with Crippen LogP contribution in [0.3, 0.4) is 0 Å². The van der Waals surface area contributed by atoms with Crippen LogP contribution >= 0.6 is 0 Å². The molecule has 0 saturated carbocycles. The van der Waals surface area contributed by atoms with Gasteiger partial charge in [0.25, 0.3) is 5.56 Å². The second-order valence-electron chi connectivity index (χ2n) is 4.26. The highest BCUT2D eigenvalue weighted by molar-refractivity contribution is 5.95. The van der Waals surface area contributed by atoms with Gasteiger partial charge in [-0.15, -0.1) is 0 Å². The van der Waals surface area contributed by atoms with Crippen molar-refractivity contribution < 1.29 is 19.4 Å². The van der Waals surface area contributed by atoms with Crippen LogP contribution in [0.2, 0.25) is 0 Å². The van der Waals surface area contributed by atoms with E-state index in [1.54, 1.807) is 24.3 Å². The first-order chi connectivity index (χ1) is 9.66. The van der Waals surface area contributed by atoms with Gasteiger partial charge in [0.2, 0.25) is 0 Å². The van der Waals surface area contributed by atoms with Gasteiger partial charge in [-0.3, -0.25) is 4.79 Å². The minimum atomic E-state index is -1.27. The molecule has 0 saturated heterocycles. The summed E-state index contributed by atoms with van der Waals surface area (Å²) in [6, 6.07) is 6.64. The van der Waals surface area contributed by atoms with Gasteiger partial charge in [-0.2, -0.15) is 0 Å². The number of benzene rings is 1. The number of carbonyl (C=O) groups is 1. The fourth-order valence-electron chi connectivity index (χ4n) is 2.14. The Hall–Kier alpha value is -2.76. The van der Waals surface area contributed by atoms with Crippen molar-refractivity contribution in [3.8, 4) is 22.6 Å². The van der Waals surface area contributed by atoms with Gasteiger partial charge in [0, 0.05) is 11.8 Å². The fourth-order valence-corrected chi connectivity index (χ4v) is 2.14. The maximum absolute atomic E-state index is 11.7. The van der Waals surface area contributed by atoms with Gasteiger partial charge >= 0.3 is 5.97 Å². The smallest absolute Gasteiger partial charge is 0.341 e. The Balaban J connectivity index is 2.17. The Morgan fingerprint density at radius 3 is 2.65 bits per heavy atom. The van der Waals surface area contributed by atoms with Gasteiger partial charge in [-0.05, 0) is 23.8 Å². The van der Waals surface area contributed by atoms with Crippen LogP contribution in [-0.4, -0.2) is 29.3 Å². The highest BCUT2D eigenvalue weighted by Gasteiger charge is 2.18. The number of hydrogen-bond donors (Lipinski definition) is 2. The average Bonchev–Trinajstić information content (AvgIpc) is 2.46. The second-order valence-corrected chi connectivity index (χ2v) is 4.26. The number of fused-ring (bicyclic) bond motifs is 1. The Kier molecular flexibility index (Phi) is 2.90. The van der Waals surface area contributed by atoms with Gasteiger partial charge in [0.1, 0.15) is 18.8 Å². The van der Waals surface area contributed by atoms with Gasteiger partial charge in [0.15, 0.2) is 11.5 Å². The summed E-state index contributed by atoms with van der Waals surface area (Å²) in [5, 5.41) is 9.17. The van der Waals surface area contributed by atoms with E-state index in [0.717, 1.165) is 0 Å². The molecular formula is C14H11NO5. The standard InChI is InChI=1S/C14H11NO5/c16-13-12(14(17)18)9(3-4-15-13)8-1-2-10-11(7-8)20-6-5-19-10/h1-4,7H,5-6H2,(H,15,16)(H,17,18). The molecule has 1 aromatic carbocycles. The quantitative estimate of drug-likeness (QED) is 0.865. The van der Waals surface area contributed by atoms with Crippen molar-refractivity contribution in [3.63, 3.8) is 0 Å². The van der Waals surface area contributed by atoms with Crippen molar-refractivity contribution in [1.82, 2.24) is 4.98 Å². The molecule has 0 radical (unpaired) electrons. The molecule has 0 spiro atoms. The normalized spacial score (nSPS) is 13.0. The van der Waals surface area contributed by atoms with Crippen LogP contribution in [0, 0.1) is 0 Å². The monoisotopic (exact) mass is 273 g/mol. The van der Waals surface area contributed by atoms with Crippen LogP contribution in [0.5, 0.6) is 11.5 Å². The third-order valence-electron chi connectivity index (χ3n) is 3.03. The average molecular weight is 273 g/mol. The summed E-state index contributed by atoms with van der Waals surface area (Å²) < 4.78 is 10.9. The molecule has 1 aliphatic heterocycles. The van der Waals surface area contributed by atoms with Crippen molar-refractivity contribution >= 4 is 5.97 Å². The van der Waals surface area contributed by atoms with E-state index < -0.39 is 11.5 Å². The number of carboxylic acid groups (broad SMARTS) is 1. The van der Waals surface area contributed by atoms with E-state index in [-0.39, 0.29) is 5.56 Å². The van der Waals surface area contributed by atoms with E-state index in [0.29, 0.717) is 35.8 Å². The summed E-state index contributed by atoms with van der Waals surface area (Å²) in [5.74, 6) is -0.108. The van der Waals surface area contributed by atoms with Gasteiger partial charge in [-0.1, -0.05) is 6.07 Å². The zero-order valence-corrected chi connectivity index (χ0v) is 10.4. The van der Waals surface area contributed by atoms with Crippen LogP contribution in [0.4, 0.5) is 0 Å². The maximum atomic E-state index is 11.7. The molecule has 2 aromatic rings. The molecule has 0 bridgehead atoms. The van der Waals surface area contributed by atoms with E-state index >= 15 is 0 Å². The lowest BCUT2D eigenvalue weighted by molar-refractivity contribution is 0.0696. The summed E-state index contributed by atoms with van der Waals surface area (Å²) in [6.07, 6.45) is 1.42. The minimum Gasteiger partial charge on any atom is -0.486 e. The highest BCUT2D eigenvalue weighted by atomic mass is 16.6. The largest absolute Gasteiger partial charge is 0.486 e. The first-order valence-electron chi connectivity index (χ1n) is 6.02. The number of aromatic carboxylic acids is 1. The van der Waals surface area contributed by atoms with Crippen molar-refractivity contribution in [3.05, 3.63) is 46.4 Å². The van der Waals surface area contributed by atoms with Crippen LogP contribution < -0.4 is 15.0 Å². The molecule has 2 heterocycles. The molecular weight excluding hydrogens is 262 g/mol. The number of aromatic nitrogens is 1.